The Morgan fingerprint density at radius 2 is 2.00 bits per heavy atom. The highest BCUT2D eigenvalue weighted by Crippen LogP contribution is 2.34. The minimum absolute atomic E-state index is 0.438. The minimum atomic E-state index is 0.438. The highest BCUT2D eigenvalue weighted by Gasteiger charge is 2.11. The molecular formula is C17H16Cl2INO2. The van der Waals surface area contributed by atoms with Crippen LogP contribution in [0.1, 0.15) is 5.56 Å². The van der Waals surface area contributed by atoms with Gasteiger partial charge in [-0.25, -0.2) is 0 Å². The summed E-state index contributed by atoms with van der Waals surface area (Å²) in [4.78, 5) is 0. The van der Waals surface area contributed by atoms with Crippen molar-refractivity contribution in [1.82, 2.24) is 0 Å². The molecule has 23 heavy (non-hydrogen) atoms. The van der Waals surface area contributed by atoms with E-state index in [0.29, 0.717) is 28.9 Å². The zero-order valence-electron chi connectivity index (χ0n) is 12.5. The van der Waals surface area contributed by atoms with Crippen molar-refractivity contribution in [3.05, 3.63) is 62.2 Å². The second kappa shape index (κ2) is 8.66. The molecule has 1 N–H and O–H groups in total. The molecule has 3 nitrogen and oxygen atoms in total. The van der Waals surface area contributed by atoms with Gasteiger partial charge in [0.2, 0.25) is 0 Å². The molecule has 0 bridgehead atoms. The van der Waals surface area contributed by atoms with Gasteiger partial charge in [0, 0.05) is 12.2 Å². The van der Waals surface area contributed by atoms with Gasteiger partial charge in [0.1, 0.15) is 6.61 Å². The molecule has 0 aliphatic carbocycles. The van der Waals surface area contributed by atoms with Gasteiger partial charge in [-0.1, -0.05) is 35.9 Å². The second-order valence-corrected chi connectivity index (χ2v) is 6.67. The van der Waals surface area contributed by atoms with E-state index in [4.69, 9.17) is 32.7 Å². The average Bonchev–Trinajstić information content (AvgIpc) is 2.54. The fourth-order valence-corrected chi connectivity index (χ4v) is 3.09. The first kappa shape index (κ1) is 18.2. The Morgan fingerprint density at radius 3 is 2.65 bits per heavy atom. The molecule has 0 unspecified atom stereocenters. The van der Waals surface area contributed by atoms with E-state index in [1.54, 1.807) is 25.3 Å². The van der Waals surface area contributed by atoms with E-state index in [1.165, 1.54) is 0 Å². The number of benzene rings is 2. The van der Waals surface area contributed by atoms with Gasteiger partial charge in [-0.3, -0.25) is 0 Å². The summed E-state index contributed by atoms with van der Waals surface area (Å²) in [7, 11) is 1.63. The lowest BCUT2D eigenvalue weighted by atomic mass is 10.2. The first-order valence-electron chi connectivity index (χ1n) is 6.84. The number of anilines is 1. The lowest BCUT2D eigenvalue weighted by molar-refractivity contribution is 0.324. The van der Waals surface area contributed by atoms with Crippen molar-refractivity contribution in [3.8, 4) is 11.5 Å². The summed E-state index contributed by atoms with van der Waals surface area (Å²) in [6.45, 7) is 4.73. The number of hydrogen-bond acceptors (Lipinski definition) is 3. The third-order valence-electron chi connectivity index (χ3n) is 3.05. The molecule has 0 aromatic heterocycles. The van der Waals surface area contributed by atoms with Crippen LogP contribution in [0.25, 0.3) is 0 Å². The zero-order chi connectivity index (χ0) is 16.8. The molecule has 0 heterocycles. The van der Waals surface area contributed by atoms with Crippen molar-refractivity contribution >= 4 is 51.5 Å². The largest absolute Gasteiger partial charge is 0.493 e. The predicted molar refractivity (Wildman–Crippen MR) is 105 cm³/mol. The van der Waals surface area contributed by atoms with E-state index in [2.05, 4.69) is 34.5 Å². The van der Waals surface area contributed by atoms with Gasteiger partial charge < -0.3 is 14.8 Å². The van der Waals surface area contributed by atoms with Crippen LogP contribution in [0.2, 0.25) is 10.0 Å². The van der Waals surface area contributed by atoms with E-state index in [1.807, 2.05) is 18.2 Å². The molecular weight excluding hydrogens is 448 g/mol. The standard InChI is InChI=1S/C17H16Cl2INO2/c1-3-6-23-17-15(20)7-11(8-16(17)22-2)10-21-12-4-5-13(18)14(19)9-12/h3-5,7-9,21H,1,6,10H2,2H3. The Bertz CT molecular complexity index is 707. The van der Waals surface area contributed by atoms with E-state index < -0.39 is 0 Å². The Balaban J connectivity index is 2.15. The summed E-state index contributed by atoms with van der Waals surface area (Å²) in [5.74, 6) is 1.43. The third-order valence-corrected chi connectivity index (χ3v) is 4.59. The summed E-state index contributed by atoms with van der Waals surface area (Å²) in [5, 5.41) is 4.38. The normalized spacial score (nSPS) is 10.3. The Labute approximate surface area is 159 Å². The zero-order valence-corrected chi connectivity index (χ0v) is 16.2. The number of ether oxygens (including phenoxy) is 2. The second-order valence-electron chi connectivity index (χ2n) is 4.69. The van der Waals surface area contributed by atoms with Gasteiger partial charge in [0.25, 0.3) is 0 Å². The SMILES string of the molecule is C=CCOc1c(I)cc(CNc2ccc(Cl)c(Cl)c2)cc1OC. The van der Waals surface area contributed by atoms with Gasteiger partial charge in [-0.05, 0) is 58.5 Å². The number of rotatable bonds is 7. The van der Waals surface area contributed by atoms with Crippen LogP contribution in [0.4, 0.5) is 5.69 Å². The molecule has 0 spiro atoms. The van der Waals surface area contributed by atoms with E-state index in [-0.39, 0.29) is 0 Å². The maximum Gasteiger partial charge on any atom is 0.174 e. The number of methoxy groups -OCH3 is 1. The van der Waals surface area contributed by atoms with Crippen LogP contribution in [0, 0.1) is 3.57 Å². The summed E-state index contributed by atoms with van der Waals surface area (Å²) in [5.41, 5.74) is 1.98. The molecule has 0 aliphatic heterocycles. The first-order chi connectivity index (χ1) is 11.0. The number of halogens is 3. The Morgan fingerprint density at radius 1 is 1.22 bits per heavy atom. The van der Waals surface area contributed by atoms with Crippen LogP contribution in [-0.4, -0.2) is 13.7 Å². The Kier molecular flexibility index (Phi) is 6.87. The Hall–Kier alpha value is -1.11. The van der Waals surface area contributed by atoms with Gasteiger partial charge in [-0.15, -0.1) is 0 Å². The summed E-state index contributed by atoms with van der Waals surface area (Å²) < 4.78 is 12.1. The van der Waals surface area contributed by atoms with Gasteiger partial charge in [-0.2, -0.15) is 0 Å². The molecule has 0 aliphatic rings. The third kappa shape index (κ3) is 4.93. The average molecular weight is 464 g/mol. The van der Waals surface area contributed by atoms with E-state index in [9.17, 15) is 0 Å². The molecule has 0 fully saturated rings. The van der Waals surface area contributed by atoms with Crippen molar-refractivity contribution in [2.45, 2.75) is 6.54 Å². The van der Waals surface area contributed by atoms with Crippen molar-refractivity contribution in [2.24, 2.45) is 0 Å². The maximum absolute atomic E-state index is 6.02. The molecule has 2 rings (SSSR count). The molecule has 2 aromatic rings. The molecule has 0 saturated carbocycles. The molecule has 0 saturated heterocycles. The molecule has 122 valence electrons. The van der Waals surface area contributed by atoms with E-state index >= 15 is 0 Å². The van der Waals surface area contributed by atoms with Gasteiger partial charge >= 0.3 is 0 Å². The van der Waals surface area contributed by atoms with E-state index in [0.717, 1.165) is 20.6 Å². The fourth-order valence-electron chi connectivity index (χ4n) is 1.97. The van der Waals surface area contributed by atoms with Crippen LogP contribution in [0.15, 0.2) is 43.0 Å². The summed E-state index contributed by atoms with van der Waals surface area (Å²) >= 11 is 14.2. The topological polar surface area (TPSA) is 30.5 Å². The predicted octanol–water partition coefficient (Wildman–Crippen LogP) is 5.78. The van der Waals surface area contributed by atoms with Crippen molar-refractivity contribution in [1.29, 1.82) is 0 Å². The van der Waals surface area contributed by atoms with Crippen LogP contribution in [0.3, 0.4) is 0 Å². The van der Waals surface area contributed by atoms with Gasteiger partial charge in [0.15, 0.2) is 11.5 Å². The van der Waals surface area contributed by atoms with Crippen LogP contribution >= 0.6 is 45.8 Å². The lowest BCUT2D eigenvalue weighted by Gasteiger charge is -2.14. The van der Waals surface area contributed by atoms with Crippen molar-refractivity contribution in [2.75, 3.05) is 19.0 Å². The lowest BCUT2D eigenvalue weighted by Crippen LogP contribution is -2.03. The summed E-state index contributed by atoms with van der Waals surface area (Å²) in [6.07, 6.45) is 1.70. The monoisotopic (exact) mass is 463 g/mol. The summed E-state index contributed by atoms with van der Waals surface area (Å²) in [6, 6.07) is 9.45. The van der Waals surface area contributed by atoms with Crippen molar-refractivity contribution < 1.29 is 9.47 Å². The molecule has 6 heteroatoms. The minimum Gasteiger partial charge on any atom is -0.493 e. The van der Waals surface area contributed by atoms with Crippen LogP contribution in [-0.2, 0) is 6.54 Å². The van der Waals surface area contributed by atoms with Crippen LogP contribution < -0.4 is 14.8 Å². The number of nitrogens with one attached hydrogen (secondary N) is 1. The molecule has 2 aromatic carbocycles. The highest BCUT2D eigenvalue weighted by molar-refractivity contribution is 14.1. The fraction of sp³-hybridized carbons (Fsp3) is 0.176. The van der Waals surface area contributed by atoms with Crippen molar-refractivity contribution in [3.63, 3.8) is 0 Å². The molecule has 0 amide bonds. The highest BCUT2D eigenvalue weighted by atomic mass is 127. The number of hydrogen-bond donors (Lipinski definition) is 1. The van der Waals surface area contributed by atoms with Crippen LogP contribution in [0.5, 0.6) is 11.5 Å². The smallest absolute Gasteiger partial charge is 0.174 e. The maximum atomic E-state index is 6.02. The molecule has 0 radical (unpaired) electrons. The quantitative estimate of drug-likeness (QED) is 0.416. The first-order valence-corrected chi connectivity index (χ1v) is 8.67. The molecule has 0 atom stereocenters. The van der Waals surface area contributed by atoms with Gasteiger partial charge in [0.05, 0.1) is 20.7 Å².